The SMILES string of the molecule is COc1ccc(CCC(=O)Nc2ccc(C3CCN(C(=O)c4cnn5ccc(C)cc45)CC3)cc2)cc1OC. The van der Waals surface area contributed by atoms with Crippen LogP contribution < -0.4 is 14.8 Å². The monoisotopic (exact) mass is 526 g/mol. The number of nitrogens with one attached hydrogen (secondary N) is 1. The van der Waals surface area contributed by atoms with Gasteiger partial charge in [-0.15, -0.1) is 0 Å². The molecule has 8 nitrogen and oxygen atoms in total. The molecule has 1 N–H and O–H groups in total. The molecule has 0 bridgehead atoms. The smallest absolute Gasteiger partial charge is 0.257 e. The highest BCUT2D eigenvalue weighted by Crippen LogP contribution is 2.30. The second-order valence-electron chi connectivity index (χ2n) is 10.0. The fourth-order valence-corrected chi connectivity index (χ4v) is 5.19. The summed E-state index contributed by atoms with van der Waals surface area (Å²) < 4.78 is 12.4. The molecule has 2 amide bonds. The minimum absolute atomic E-state index is 0.0350. The Morgan fingerprint density at radius 1 is 0.974 bits per heavy atom. The van der Waals surface area contributed by atoms with Gasteiger partial charge in [-0.25, -0.2) is 4.52 Å². The number of carbonyl (C=O) groups is 2. The molecule has 0 spiro atoms. The Morgan fingerprint density at radius 3 is 2.44 bits per heavy atom. The van der Waals surface area contributed by atoms with Gasteiger partial charge in [-0.2, -0.15) is 5.10 Å². The van der Waals surface area contributed by atoms with E-state index in [9.17, 15) is 9.59 Å². The molecule has 2 aromatic heterocycles. The van der Waals surface area contributed by atoms with Gasteiger partial charge in [-0.1, -0.05) is 18.2 Å². The van der Waals surface area contributed by atoms with E-state index >= 15 is 0 Å². The summed E-state index contributed by atoms with van der Waals surface area (Å²) in [5, 5.41) is 7.33. The van der Waals surface area contributed by atoms with Crippen LogP contribution in [0.15, 0.2) is 67.0 Å². The molecule has 0 radical (unpaired) electrons. The zero-order valence-electron chi connectivity index (χ0n) is 22.6. The Labute approximate surface area is 228 Å². The number of fused-ring (bicyclic) bond motifs is 1. The lowest BCUT2D eigenvalue weighted by atomic mass is 9.89. The van der Waals surface area contributed by atoms with Crippen LogP contribution in [0.1, 0.15) is 52.2 Å². The first-order valence-corrected chi connectivity index (χ1v) is 13.3. The summed E-state index contributed by atoms with van der Waals surface area (Å²) in [5.41, 5.74) is 5.64. The van der Waals surface area contributed by atoms with E-state index in [1.165, 1.54) is 5.56 Å². The highest BCUT2D eigenvalue weighted by molar-refractivity contribution is 6.00. The van der Waals surface area contributed by atoms with Crippen molar-refractivity contribution >= 4 is 23.0 Å². The van der Waals surface area contributed by atoms with Crippen LogP contribution in [-0.2, 0) is 11.2 Å². The predicted octanol–water partition coefficient (Wildman–Crippen LogP) is 5.25. The first kappa shape index (κ1) is 26.3. The number of carbonyl (C=O) groups excluding carboxylic acids is 2. The van der Waals surface area contributed by atoms with Gasteiger partial charge in [0.1, 0.15) is 0 Å². The Kier molecular flexibility index (Phi) is 7.81. The lowest BCUT2D eigenvalue weighted by Gasteiger charge is -2.32. The third-order valence-electron chi connectivity index (χ3n) is 7.44. The number of hydrogen-bond donors (Lipinski definition) is 1. The second kappa shape index (κ2) is 11.6. The van der Waals surface area contributed by atoms with Gasteiger partial charge in [-0.05, 0) is 85.2 Å². The van der Waals surface area contributed by atoms with E-state index < -0.39 is 0 Å². The van der Waals surface area contributed by atoms with Gasteiger partial charge in [-0.3, -0.25) is 9.59 Å². The summed E-state index contributed by atoms with van der Waals surface area (Å²) >= 11 is 0. The molecule has 39 heavy (non-hydrogen) atoms. The van der Waals surface area contributed by atoms with Gasteiger partial charge < -0.3 is 19.7 Å². The molecule has 0 saturated carbocycles. The molecule has 1 saturated heterocycles. The first-order valence-electron chi connectivity index (χ1n) is 13.3. The van der Waals surface area contributed by atoms with Crippen molar-refractivity contribution in [1.29, 1.82) is 0 Å². The molecule has 0 unspecified atom stereocenters. The summed E-state index contributed by atoms with van der Waals surface area (Å²) in [5.74, 6) is 1.72. The van der Waals surface area contributed by atoms with Crippen molar-refractivity contribution in [3.63, 3.8) is 0 Å². The molecule has 202 valence electrons. The number of nitrogens with zero attached hydrogens (tertiary/aromatic N) is 3. The van der Waals surface area contributed by atoms with E-state index in [4.69, 9.17) is 9.47 Å². The number of aromatic nitrogens is 2. The molecule has 4 aromatic rings. The minimum Gasteiger partial charge on any atom is -0.493 e. The van der Waals surface area contributed by atoms with Crippen LogP contribution in [-0.4, -0.2) is 53.6 Å². The molecule has 1 aliphatic rings. The van der Waals surface area contributed by atoms with E-state index in [0.29, 0.717) is 48.9 Å². The average molecular weight is 527 g/mol. The van der Waals surface area contributed by atoms with Crippen LogP contribution in [0.2, 0.25) is 0 Å². The predicted molar refractivity (Wildman–Crippen MR) is 151 cm³/mol. The van der Waals surface area contributed by atoms with Gasteiger partial charge in [0, 0.05) is 31.4 Å². The van der Waals surface area contributed by atoms with Crippen molar-refractivity contribution in [1.82, 2.24) is 14.5 Å². The Balaban J connectivity index is 1.12. The van der Waals surface area contributed by atoms with Crippen LogP contribution >= 0.6 is 0 Å². The second-order valence-corrected chi connectivity index (χ2v) is 10.0. The molecule has 8 heteroatoms. The fraction of sp³-hybridized carbons (Fsp3) is 0.323. The van der Waals surface area contributed by atoms with E-state index in [0.717, 1.165) is 35.2 Å². The Bertz CT molecular complexity index is 1470. The zero-order chi connectivity index (χ0) is 27.4. The fourth-order valence-electron chi connectivity index (χ4n) is 5.19. The zero-order valence-corrected chi connectivity index (χ0v) is 22.6. The number of rotatable bonds is 8. The maximum atomic E-state index is 13.2. The molecular weight excluding hydrogens is 492 g/mol. The Morgan fingerprint density at radius 2 is 1.72 bits per heavy atom. The maximum absolute atomic E-state index is 13.2. The van der Waals surface area contributed by atoms with E-state index in [1.54, 1.807) is 24.9 Å². The van der Waals surface area contributed by atoms with Crippen molar-refractivity contribution in [2.24, 2.45) is 0 Å². The van der Waals surface area contributed by atoms with Gasteiger partial charge in [0.2, 0.25) is 5.91 Å². The number of hydrogen-bond acceptors (Lipinski definition) is 5. The summed E-state index contributed by atoms with van der Waals surface area (Å²) in [6.07, 6.45) is 6.34. The normalized spacial score (nSPS) is 13.9. The number of aryl methyl sites for hydroxylation is 2. The number of benzene rings is 2. The van der Waals surface area contributed by atoms with Gasteiger partial charge in [0.25, 0.3) is 5.91 Å². The molecule has 0 atom stereocenters. The Hall–Kier alpha value is -4.33. The standard InChI is InChI=1S/C31H34N4O4/c1-21-12-17-35-27(18-21)26(20-32-35)31(37)34-15-13-24(14-16-34)23-6-8-25(9-7-23)33-30(36)11-5-22-4-10-28(38-2)29(19-22)39-3/h4,6-10,12,17-20,24H,5,11,13-16H2,1-3H3,(H,33,36). The van der Waals surface area contributed by atoms with Crippen molar-refractivity contribution in [2.75, 3.05) is 32.6 Å². The lowest BCUT2D eigenvalue weighted by Crippen LogP contribution is -2.37. The van der Waals surface area contributed by atoms with Gasteiger partial charge >= 0.3 is 0 Å². The molecule has 5 rings (SSSR count). The highest BCUT2D eigenvalue weighted by Gasteiger charge is 2.26. The first-order chi connectivity index (χ1) is 18.9. The van der Waals surface area contributed by atoms with Crippen molar-refractivity contribution < 1.29 is 19.1 Å². The summed E-state index contributed by atoms with van der Waals surface area (Å²) in [6, 6.07) is 17.8. The lowest BCUT2D eigenvalue weighted by molar-refractivity contribution is -0.116. The number of amides is 2. The molecule has 0 aliphatic carbocycles. The minimum atomic E-state index is -0.0350. The number of pyridine rings is 1. The van der Waals surface area contributed by atoms with Gasteiger partial charge in [0.05, 0.1) is 31.5 Å². The van der Waals surface area contributed by atoms with E-state index in [-0.39, 0.29) is 11.8 Å². The third kappa shape index (κ3) is 5.90. The topological polar surface area (TPSA) is 85.2 Å². The number of methoxy groups -OCH3 is 2. The van der Waals surface area contributed by atoms with Crippen molar-refractivity contribution in [3.8, 4) is 11.5 Å². The molecule has 1 aliphatic heterocycles. The number of likely N-dealkylation sites (tertiary alicyclic amines) is 1. The average Bonchev–Trinajstić information content (AvgIpc) is 3.39. The van der Waals surface area contributed by atoms with Gasteiger partial charge in [0.15, 0.2) is 11.5 Å². The quantitative estimate of drug-likeness (QED) is 0.339. The molecular formula is C31H34N4O4. The molecule has 1 fully saturated rings. The third-order valence-corrected chi connectivity index (χ3v) is 7.44. The summed E-state index contributed by atoms with van der Waals surface area (Å²) in [6.45, 7) is 3.44. The van der Waals surface area contributed by atoms with E-state index in [1.807, 2.05) is 60.5 Å². The number of piperidine rings is 1. The maximum Gasteiger partial charge on any atom is 0.257 e. The van der Waals surface area contributed by atoms with Crippen molar-refractivity contribution in [2.45, 2.75) is 38.5 Å². The van der Waals surface area contributed by atoms with Crippen LogP contribution in [0.3, 0.4) is 0 Å². The van der Waals surface area contributed by atoms with Crippen LogP contribution in [0.25, 0.3) is 5.52 Å². The summed E-state index contributed by atoms with van der Waals surface area (Å²) in [7, 11) is 3.20. The number of anilines is 1. The van der Waals surface area contributed by atoms with Crippen LogP contribution in [0.5, 0.6) is 11.5 Å². The summed E-state index contributed by atoms with van der Waals surface area (Å²) in [4.78, 5) is 27.7. The van der Waals surface area contributed by atoms with Crippen LogP contribution in [0.4, 0.5) is 5.69 Å². The number of ether oxygens (including phenoxy) is 2. The largest absolute Gasteiger partial charge is 0.493 e. The molecule has 3 heterocycles. The highest BCUT2D eigenvalue weighted by atomic mass is 16.5. The van der Waals surface area contributed by atoms with E-state index in [2.05, 4.69) is 22.5 Å². The van der Waals surface area contributed by atoms with Crippen molar-refractivity contribution in [3.05, 3.63) is 89.2 Å². The molecule has 2 aromatic carbocycles. The van der Waals surface area contributed by atoms with Crippen LogP contribution in [0, 0.1) is 6.92 Å².